The molecule has 0 saturated carbocycles. The van der Waals surface area contributed by atoms with Gasteiger partial charge >= 0.3 is 0 Å². The van der Waals surface area contributed by atoms with Crippen molar-refractivity contribution < 1.29 is 9.15 Å². The van der Waals surface area contributed by atoms with E-state index in [2.05, 4.69) is 39.4 Å². The van der Waals surface area contributed by atoms with Crippen molar-refractivity contribution in [2.75, 3.05) is 6.61 Å². The fourth-order valence-electron chi connectivity index (χ4n) is 3.26. The lowest BCUT2D eigenvalue weighted by atomic mass is 10.0. The predicted molar refractivity (Wildman–Crippen MR) is 112 cm³/mol. The fraction of sp³-hybridized carbons (Fsp3) is 0.304. The van der Waals surface area contributed by atoms with Crippen molar-refractivity contribution in [1.29, 1.82) is 0 Å². The Balaban J connectivity index is 1.55. The van der Waals surface area contributed by atoms with Gasteiger partial charge in [0.1, 0.15) is 5.69 Å². The summed E-state index contributed by atoms with van der Waals surface area (Å²) in [5.74, 6) is 1.97. The molecule has 148 valence electrons. The van der Waals surface area contributed by atoms with Crippen molar-refractivity contribution in [3.05, 3.63) is 65.9 Å². The Morgan fingerprint density at radius 1 is 0.862 bits per heavy atom. The van der Waals surface area contributed by atoms with Crippen molar-refractivity contribution in [1.82, 2.24) is 20.2 Å². The van der Waals surface area contributed by atoms with Gasteiger partial charge in [-0.05, 0) is 43.5 Å². The van der Waals surface area contributed by atoms with E-state index < -0.39 is 0 Å². The second kappa shape index (κ2) is 8.82. The molecule has 0 N–H and O–H groups in total. The number of ether oxygens (including phenoxy) is 1. The minimum absolute atomic E-state index is 0.545. The van der Waals surface area contributed by atoms with Gasteiger partial charge in [0, 0.05) is 18.4 Å². The lowest BCUT2D eigenvalue weighted by molar-refractivity contribution is 0.328. The van der Waals surface area contributed by atoms with E-state index in [9.17, 15) is 0 Å². The minimum atomic E-state index is 0.545. The first-order chi connectivity index (χ1) is 14.3. The lowest BCUT2D eigenvalue weighted by Crippen LogP contribution is -2.00. The van der Waals surface area contributed by atoms with Gasteiger partial charge in [0.2, 0.25) is 17.7 Å². The van der Waals surface area contributed by atoms with E-state index in [1.807, 2.05) is 38.1 Å². The van der Waals surface area contributed by atoms with Gasteiger partial charge in [0.15, 0.2) is 0 Å². The van der Waals surface area contributed by atoms with E-state index in [-0.39, 0.29) is 0 Å². The summed E-state index contributed by atoms with van der Waals surface area (Å²) in [4.78, 5) is 9.50. The van der Waals surface area contributed by atoms with Gasteiger partial charge in [-0.15, -0.1) is 10.2 Å². The molecule has 0 aliphatic rings. The molecule has 2 heterocycles. The molecule has 6 heteroatoms. The van der Waals surface area contributed by atoms with Crippen LogP contribution in [0.2, 0.25) is 0 Å². The summed E-state index contributed by atoms with van der Waals surface area (Å²) in [7, 11) is 0. The number of nitrogens with zero attached hydrogens (tertiary/aromatic N) is 4. The number of aromatic nitrogens is 4. The highest BCUT2D eigenvalue weighted by Crippen LogP contribution is 2.29. The highest BCUT2D eigenvalue weighted by atomic mass is 16.5. The maximum atomic E-state index is 5.79. The Hall–Kier alpha value is -3.28. The van der Waals surface area contributed by atoms with Crippen LogP contribution in [-0.2, 0) is 19.3 Å². The third kappa shape index (κ3) is 4.42. The van der Waals surface area contributed by atoms with Gasteiger partial charge in [-0.2, -0.15) is 0 Å². The van der Waals surface area contributed by atoms with E-state index >= 15 is 0 Å². The number of hydrogen-bond acceptors (Lipinski definition) is 6. The molecule has 0 aliphatic heterocycles. The van der Waals surface area contributed by atoms with Crippen molar-refractivity contribution in [3.8, 4) is 17.1 Å². The first-order valence-corrected chi connectivity index (χ1v) is 10.1. The van der Waals surface area contributed by atoms with Gasteiger partial charge in [-0.1, -0.05) is 37.3 Å². The van der Waals surface area contributed by atoms with Crippen molar-refractivity contribution in [3.63, 3.8) is 0 Å². The molecule has 0 spiro atoms. The standard InChI is InChI=1S/C23H24N4O2/c1-3-20-26-27-21(29-20)14-8-10-16-9-7-11-17(15-16)22-23(28-4-2)25-19-13-6-5-12-18(19)24-22/h5-7,9,11-13,15H,3-4,8,10,14H2,1-2H3. The van der Waals surface area contributed by atoms with Crippen LogP contribution in [0.3, 0.4) is 0 Å². The summed E-state index contributed by atoms with van der Waals surface area (Å²) in [5, 5.41) is 8.11. The summed E-state index contributed by atoms with van der Waals surface area (Å²) in [6.45, 7) is 4.51. The van der Waals surface area contributed by atoms with E-state index in [0.29, 0.717) is 24.3 Å². The van der Waals surface area contributed by atoms with Crippen LogP contribution in [0, 0.1) is 0 Å². The molecule has 0 fully saturated rings. The van der Waals surface area contributed by atoms with Crippen molar-refractivity contribution >= 4 is 11.0 Å². The molecule has 0 unspecified atom stereocenters. The summed E-state index contributed by atoms with van der Waals surface area (Å²) in [6.07, 6.45) is 3.40. The Kier molecular flexibility index (Phi) is 5.79. The quantitative estimate of drug-likeness (QED) is 0.431. The Bertz CT molecular complexity index is 1110. The number of aryl methyl sites for hydroxylation is 3. The van der Waals surface area contributed by atoms with E-state index in [4.69, 9.17) is 14.1 Å². The first-order valence-electron chi connectivity index (χ1n) is 10.1. The van der Waals surface area contributed by atoms with Crippen LogP contribution in [0.4, 0.5) is 0 Å². The molecule has 0 atom stereocenters. The number of hydrogen-bond donors (Lipinski definition) is 0. The van der Waals surface area contributed by atoms with Gasteiger partial charge < -0.3 is 9.15 Å². The molecule has 2 aromatic carbocycles. The summed E-state index contributed by atoms with van der Waals surface area (Å²) < 4.78 is 11.4. The van der Waals surface area contributed by atoms with E-state index in [1.165, 1.54) is 5.56 Å². The second-order valence-electron chi connectivity index (χ2n) is 6.80. The molecule has 0 saturated heterocycles. The maximum Gasteiger partial charge on any atom is 0.241 e. The van der Waals surface area contributed by atoms with Gasteiger partial charge in [-0.3, -0.25) is 0 Å². The average Bonchev–Trinajstić information content (AvgIpc) is 3.22. The lowest BCUT2D eigenvalue weighted by Gasteiger charge is -2.11. The highest BCUT2D eigenvalue weighted by molar-refractivity contribution is 5.79. The zero-order valence-corrected chi connectivity index (χ0v) is 16.8. The monoisotopic (exact) mass is 388 g/mol. The van der Waals surface area contributed by atoms with Crippen molar-refractivity contribution in [2.45, 2.75) is 39.5 Å². The largest absolute Gasteiger partial charge is 0.476 e. The molecule has 0 amide bonds. The van der Waals surface area contributed by atoms with Crippen LogP contribution in [0.5, 0.6) is 5.88 Å². The summed E-state index contributed by atoms with van der Waals surface area (Å²) in [6, 6.07) is 16.2. The molecular formula is C23H24N4O2. The number of para-hydroxylation sites is 2. The molecule has 6 nitrogen and oxygen atoms in total. The van der Waals surface area contributed by atoms with Crippen LogP contribution in [-0.4, -0.2) is 26.8 Å². The molecular weight excluding hydrogens is 364 g/mol. The maximum absolute atomic E-state index is 5.79. The van der Waals surface area contributed by atoms with Crippen LogP contribution >= 0.6 is 0 Å². The van der Waals surface area contributed by atoms with Gasteiger partial charge in [0.05, 0.1) is 17.6 Å². The zero-order chi connectivity index (χ0) is 20.1. The molecule has 0 bridgehead atoms. The number of fused-ring (bicyclic) bond motifs is 1. The Morgan fingerprint density at radius 2 is 1.66 bits per heavy atom. The Labute approximate surface area is 170 Å². The van der Waals surface area contributed by atoms with Gasteiger partial charge in [0.25, 0.3) is 0 Å². The second-order valence-corrected chi connectivity index (χ2v) is 6.80. The SMILES string of the molecule is CCOc1nc2ccccc2nc1-c1cccc(CCCc2nnc(CC)o2)c1. The molecule has 2 aromatic heterocycles. The fourth-order valence-corrected chi connectivity index (χ4v) is 3.26. The van der Waals surface area contributed by atoms with Crippen LogP contribution in [0.1, 0.15) is 37.6 Å². The summed E-state index contributed by atoms with van der Waals surface area (Å²) >= 11 is 0. The first kappa shape index (κ1) is 19.1. The normalized spacial score (nSPS) is 11.1. The molecule has 0 radical (unpaired) electrons. The van der Waals surface area contributed by atoms with Crippen LogP contribution in [0.15, 0.2) is 52.9 Å². The third-order valence-electron chi connectivity index (χ3n) is 4.69. The predicted octanol–water partition coefficient (Wildman–Crippen LogP) is 4.82. The average molecular weight is 388 g/mol. The third-order valence-corrected chi connectivity index (χ3v) is 4.69. The summed E-state index contributed by atoms with van der Waals surface area (Å²) in [5.41, 5.74) is 4.71. The topological polar surface area (TPSA) is 73.9 Å². The number of rotatable bonds is 8. The Morgan fingerprint density at radius 3 is 2.41 bits per heavy atom. The highest BCUT2D eigenvalue weighted by Gasteiger charge is 2.13. The van der Waals surface area contributed by atoms with Crippen molar-refractivity contribution in [2.24, 2.45) is 0 Å². The van der Waals surface area contributed by atoms with E-state index in [0.717, 1.165) is 48.0 Å². The molecule has 4 rings (SSSR count). The van der Waals surface area contributed by atoms with Crippen LogP contribution in [0.25, 0.3) is 22.3 Å². The van der Waals surface area contributed by atoms with Gasteiger partial charge in [-0.25, -0.2) is 9.97 Å². The molecule has 29 heavy (non-hydrogen) atoms. The van der Waals surface area contributed by atoms with Crippen LogP contribution < -0.4 is 4.74 Å². The molecule has 4 aromatic rings. The molecule has 0 aliphatic carbocycles. The zero-order valence-electron chi connectivity index (χ0n) is 16.8. The minimum Gasteiger partial charge on any atom is -0.476 e. The number of benzene rings is 2. The van der Waals surface area contributed by atoms with E-state index in [1.54, 1.807) is 0 Å². The smallest absolute Gasteiger partial charge is 0.241 e.